The fraction of sp³-hybridized carbons (Fsp3) is 0.103. The number of rotatable bonds is 20. The van der Waals surface area contributed by atoms with Crippen molar-refractivity contribution in [1.82, 2.24) is 0 Å². The SMILES string of the molecule is Cc1ccc(OC(Oc2ccc(C)cc2)c2c3ccccc3cc3ccccc23)cc1.Cc1ccc(OC(Oc2ccc(C)cc2)c2cc3ccccc3c3ccccc23)cc1.Cc1ccc(OC(Oc2ccc(C)cc2)c2ccc3c(ccc4ccccc43)c2)cc1.Cc1ccc(OC(Oc2ccc(C)cc2)c2cccc3ccc4ccccc4c23)cc1. The van der Waals surface area contributed by atoms with Gasteiger partial charge in [-0.3, -0.25) is 0 Å². The van der Waals surface area contributed by atoms with Gasteiger partial charge in [0.25, 0.3) is 25.2 Å². The van der Waals surface area contributed by atoms with Crippen LogP contribution in [0.25, 0.3) is 86.2 Å². The maximum atomic E-state index is 6.48. The van der Waals surface area contributed by atoms with Crippen molar-refractivity contribution < 1.29 is 37.9 Å². The maximum Gasteiger partial charge on any atom is 0.268 e. The van der Waals surface area contributed by atoms with Crippen LogP contribution in [0.5, 0.6) is 46.0 Å². The van der Waals surface area contributed by atoms with Crippen LogP contribution in [0.3, 0.4) is 0 Å². The van der Waals surface area contributed by atoms with Gasteiger partial charge in [0, 0.05) is 27.6 Å². The third-order valence-corrected chi connectivity index (χ3v) is 22.3. The smallest absolute Gasteiger partial charge is 0.268 e. The molecule has 20 rings (SSSR count). The second-order valence-corrected chi connectivity index (χ2v) is 31.7. The molecule has 0 fully saturated rings. The predicted molar refractivity (Wildman–Crippen MR) is 511 cm³/mol. The minimum Gasteiger partial charge on any atom is -0.451 e. The molecule has 0 aliphatic carbocycles. The molecule has 0 unspecified atom stereocenters. The van der Waals surface area contributed by atoms with E-state index < -0.39 is 25.2 Å². The molecule has 20 aromatic carbocycles. The average molecular weight is 1620 g/mol. The van der Waals surface area contributed by atoms with Gasteiger partial charge in [-0.15, -0.1) is 0 Å². The van der Waals surface area contributed by atoms with Gasteiger partial charge < -0.3 is 37.9 Å². The monoisotopic (exact) mass is 1620 g/mol. The number of fused-ring (bicyclic) bond motifs is 11. The standard InChI is InChI=1S/4C29H24O2/c1-20-11-15-24(16-12-20)30-29(31-25-17-13-21(2)14-18-25)28-26-9-5-3-7-22(26)19-23-8-4-6-10-27(23)28;1-20-11-15-23(16-12-20)30-29(31-24-17-13-21(2)14-18-24)28-19-22-7-3-4-8-25(22)26-9-5-6-10-27(26)28;1-20-10-16-24(17-11-20)30-29(31-25-18-12-21(2)13-19-25)27-9-5-7-23-15-14-22-6-3-4-8-26(22)28(23)27;1-20-7-14-25(15-8-20)30-29(31-26-16-9-21(2)10-17-26)24-13-18-28-23(19-24)12-11-22-5-3-4-6-27(22)28/h4*3-19,29H,1-2H3. The number of hydrogen-bond acceptors (Lipinski definition) is 8. The van der Waals surface area contributed by atoms with Gasteiger partial charge in [-0.25, -0.2) is 0 Å². The molecule has 0 saturated carbocycles. The highest BCUT2D eigenvalue weighted by atomic mass is 16.7. The van der Waals surface area contributed by atoms with Crippen LogP contribution in [-0.4, -0.2) is 0 Å². The lowest BCUT2D eigenvalue weighted by molar-refractivity contribution is 0.00378. The second-order valence-electron chi connectivity index (χ2n) is 31.7. The van der Waals surface area contributed by atoms with Crippen LogP contribution >= 0.6 is 0 Å². The third-order valence-electron chi connectivity index (χ3n) is 22.3. The quantitative estimate of drug-likeness (QED) is 0.0425. The topological polar surface area (TPSA) is 73.8 Å². The van der Waals surface area contributed by atoms with E-state index in [1.165, 1.54) is 109 Å². The summed E-state index contributed by atoms with van der Waals surface area (Å²) in [5, 5.41) is 18.9. The van der Waals surface area contributed by atoms with Crippen molar-refractivity contribution in [3.05, 3.63) is 479 Å². The Kier molecular flexibility index (Phi) is 24.7. The number of aryl methyl sites for hydroxylation is 8. The molecule has 0 atom stereocenters. The molecule has 0 amide bonds. The Balaban J connectivity index is 0.000000117. The van der Waals surface area contributed by atoms with E-state index in [0.29, 0.717) is 0 Å². The molecule has 124 heavy (non-hydrogen) atoms. The molecule has 0 spiro atoms. The summed E-state index contributed by atoms with van der Waals surface area (Å²) >= 11 is 0. The van der Waals surface area contributed by atoms with Crippen molar-refractivity contribution in [2.45, 2.75) is 80.6 Å². The fourth-order valence-corrected chi connectivity index (χ4v) is 15.6. The summed E-state index contributed by atoms with van der Waals surface area (Å²) in [7, 11) is 0. The summed E-state index contributed by atoms with van der Waals surface area (Å²) in [5.41, 5.74) is 13.6. The van der Waals surface area contributed by atoms with E-state index in [4.69, 9.17) is 37.9 Å². The van der Waals surface area contributed by atoms with Gasteiger partial charge in [-0.05, 0) is 251 Å². The van der Waals surface area contributed by atoms with Crippen LogP contribution < -0.4 is 37.9 Å². The van der Waals surface area contributed by atoms with Crippen molar-refractivity contribution in [3.63, 3.8) is 0 Å². The van der Waals surface area contributed by atoms with Crippen LogP contribution in [0.1, 0.15) is 91.9 Å². The molecule has 0 aliphatic heterocycles. The lowest BCUT2D eigenvalue weighted by atomic mass is 9.96. The molecule has 0 saturated heterocycles. The van der Waals surface area contributed by atoms with Gasteiger partial charge in [-0.2, -0.15) is 0 Å². The summed E-state index contributed by atoms with van der Waals surface area (Å²) < 4.78 is 51.3. The van der Waals surface area contributed by atoms with E-state index in [9.17, 15) is 0 Å². The molecule has 0 aromatic heterocycles. The van der Waals surface area contributed by atoms with Crippen LogP contribution in [-0.2, 0) is 0 Å². The molecular weight excluding hydrogens is 1520 g/mol. The molecule has 608 valence electrons. The lowest BCUT2D eigenvalue weighted by Crippen LogP contribution is -2.16. The Bertz CT molecular complexity index is 6680. The predicted octanol–water partition coefficient (Wildman–Crippen LogP) is 31.1. The third kappa shape index (κ3) is 19.5. The molecule has 0 bridgehead atoms. The second kappa shape index (κ2) is 37.7. The van der Waals surface area contributed by atoms with Gasteiger partial charge in [0.1, 0.15) is 46.0 Å². The zero-order valence-electron chi connectivity index (χ0n) is 70.8. The van der Waals surface area contributed by atoms with E-state index in [1.54, 1.807) is 0 Å². The maximum absolute atomic E-state index is 6.48. The van der Waals surface area contributed by atoms with Gasteiger partial charge in [0.15, 0.2) is 0 Å². The molecule has 0 heterocycles. The van der Waals surface area contributed by atoms with Crippen molar-refractivity contribution in [3.8, 4) is 46.0 Å². The highest BCUT2D eigenvalue weighted by molar-refractivity contribution is 6.11. The first-order valence-electron chi connectivity index (χ1n) is 42.2. The average Bonchev–Trinajstić information content (AvgIpc) is 0.774. The molecule has 8 nitrogen and oxygen atoms in total. The van der Waals surface area contributed by atoms with E-state index >= 15 is 0 Å². The minimum absolute atomic E-state index is 0.554. The van der Waals surface area contributed by atoms with Crippen LogP contribution in [0.2, 0.25) is 0 Å². The van der Waals surface area contributed by atoms with Crippen molar-refractivity contribution in [1.29, 1.82) is 0 Å². The Labute approximate surface area is 725 Å². The van der Waals surface area contributed by atoms with E-state index in [-0.39, 0.29) is 0 Å². The normalized spacial score (nSPS) is 11.2. The van der Waals surface area contributed by atoms with Crippen LogP contribution in [0, 0.1) is 55.4 Å². The summed E-state index contributed by atoms with van der Waals surface area (Å²) in [6, 6.07) is 141. The molecule has 8 heteroatoms. The van der Waals surface area contributed by atoms with Gasteiger partial charge in [0.2, 0.25) is 0 Å². The molecule has 0 N–H and O–H groups in total. The van der Waals surface area contributed by atoms with Crippen LogP contribution in [0.4, 0.5) is 0 Å². The zero-order chi connectivity index (χ0) is 84.8. The molecular formula is C116H96O8. The van der Waals surface area contributed by atoms with E-state index in [2.05, 4.69) is 347 Å². The first-order chi connectivity index (χ1) is 60.7. The minimum atomic E-state index is -0.596. The largest absolute Gasteiger partial charge is 0.451 e. The van der Waals surface area contributed by atoms with Gasteiger partial charge in [0.05, 0.1) is 0 Å². The zero-order valence-corrected chi connectivity index (χ0v) is 70.8. The Morgan fingerprint density at radius 1 is 0.153 bits per heavy atom. The molecule has 0 aliphatic rings. The Morgan fingerprint density at radius 2 is 0.411 bits per heavy atom. The first kappa shape index (κ1) is 81.3. The van der Waals surface area contributed by atoms with Crippen molar-refractivity contribution in [2.75, 3.05) is 0 Å². The Hall–Kier alpha value is -15.1. The summed E-state index contributed by atoms with van der Waals surface area (Å²) in [4.78, 5) is 0. The fourth-order valence-electron chi connectivity index (χ4n) is 15.6. The molecule has 0 radical (unpaired) electrons. The summed E-state index contributed by atoms with van der Waals surface area (Å²) in [6.45, 7) is 16.6. The Morgan fingerprint density at radius 3 is 0.806 bits per heavy atom. The van der Waals surface area contributed by atoms with E-state index in [0.717, 1.165) is 89.8 Å². The van der Waals surface area contributed by atoms with Crippen molar-refractivity contribution >= 4 is 86.2 Å². The first-order valence-corrected chi connectivity index (χ1v) is 42.2. The summed E-state index contributed by atoms with van der Waals surface area (Å²) in [5.74, 6) is 6.22. The highest BCUT2D eigenvalue weighted by Crippen LogP contribution is 2.42. The number of hydrogen-bond donors (Lipinski definition) is 0. The number of benzene rings is 20. The van der Waals surface area contributed by atoms with Gasteiger partial charge in [-0.1, -0.05) is 342 Å². The van der Waals surface area contributed by atoms with Crippen LogP contribution in [0.15, 0.2) is 413 Å². The number of ether oxygens (including phenoxy) is 8. The van der Waals surface area contributed by atoms with E-state index in [1.807, 2.05) is 121 Å². The van der Waals surface area contributed by atoms with Gasteiger partial charge >= 0.3 is 0 Å². The lowest BCUT2D eigenvalue weighted by Gasteiger charge is -2.24. The highest BCUT2D eigenvalue weighted by Gasteiger charge is 2.26. The molecule has 20 aromatic rings. The van der Waals surface area contributed by atoms with Crippen molar-refractivity contribution in [2.24, 2.45) is 0 Å². The summed E-state index contributed by atoms with van der Waals surface area (Å²) in [6.07, 6.45) is -2.32.